The van der Waals surface area contributed by atoms with Crippen LogP contribution in [-0.2, 0) is 54.8 Å². The maximum absolute atomic E-state index is 6.97. The van der Waals surface area contributed by atoms with E-state index in [1.165, 1.54) is 0 Å². The molecule has 5 rings (SSSR count). The molecule has 0 aromatic heterocycles. The van der Waals surface area contributed by atoms with Gasteiger partial charge in [-0.3, -0.25) is 0 Å². The molecular formula is C41H44O6. The van der Waals surface area contributed by atoms with Crippen molar-refractivity contribution in [2.75, 3.05) is 13.2 Å². The Balaban J connectivity index is 1.52. The molecule has 47 heavy (non-hydrogen) atoms. The van der Waals surface area contributed by atoms with Crippen molar-refractivity contribution < 1.29 is 28.4 Å². The summed E-state index contributed by atoms with van der Waals surface area (Å²) >= 11 is 0. The average Bonchev–Trinajstić information content (AvgIpc) is 3.12. The second-order valence-corrected chi connectivity index (χ2v) is 11.4. The van der Waals surface area contributed by atoms with Crippen LogP contribution in [0.5, 0.6) is 0 Å². The maximum Gasteiger partial charge on any atom is 0.202 e. The van der Waals surface area contributed by atoms with Crippen molar-refractivity contribution in [1.29, 1.82) is 0 Å². The fourth-order valence-corrected chi connectivity index (χ4v) is 5.69. The molecule has 0 unspecified atom stereocenters. The quantitative estimate of drug-likeness (QED) is 0.0880. The van der Waals surface area contributed by atoms with E-state index in [9.17, 15) is 0 Å². The topological polar surface area (TPSA) is 55.4 Å². The Morgan fingerprint density at radius 1 is 0.660 bits per heavy atom. The first-order valence-corrected chi connectivity index (χ1v) is 16.1. The Morgan fingerprint density at radius 3 is 1.62 bits per heavy atom. The SMILES string of the molecule is C=CC[C@]1(OCC#CC)O[C@H](COCc2ccccc2)[C@@H](OCc2ccccc2)[C@H](OCc2ccccc2)[C@H]1OCc1ccccc1. The molecule has 0 amide bonds. The third kappa shape index (κ3) is 9.96. The van der Waals surface area contributed by atoms with Crippen LogP contribution in [0.1, 0.15) is 35.6 Å². The van der Waals surface area contributed by atoms with Crippen LogP contribution in [0.4, 0.5) is 0 Å². The van der Waals surface area contributed by atoms with Crippen molar-refractivity contribution >= 4 is 0 Å². The van der Waals surface area contributed by atoms with Crippen LogP contribution >= 0.6 is 0 Å². The number of benzene rings is 4. The van der Waals surface area contributed by atoms with Crippen molar-refractivity contribution in [1.82, 2.24) is 0 Å². The molecule has 5 atom stereocenters. The molecule has 0 spiro atoms. The Hall–Kier alpha value is -4.06. The zero-order valence-corrected chi connectivity index (χ0v) is 27.0. The number of ether oxygens (including phenoxy) is 6. The summed E-state index contributed by atoms with van der Waals surface area (Å²) in [4.78, 5) is 0. The van der Waals surface area contributed by atoms with Gasteiger partial charge >= 0.3 is 0 Å². The van der Waals surface area contributed by atoms with Crippen LogP contribution in [0.3, 0.4) is 0 Å². The number of hydrogen-bond acceptors (Lipinski definition) is 6. The summed E-state index contributed by atoms with van der Waals surface area (Å²) in [7, 11) is 0. The van der Waals surface area contributed by atoms with Crippen molar-refractivity contribution in [2.24, 2.45) is 0 Å². The van der Waals surface area contributed by atoms with Gasteiger partial charge in [0.05, 0.1) is 33.0 Å². The van der Waals surface area contributed by atoms with Gasteiger partial charge in [0.25, 0.3) is 0 Å². The minimum absolute atomic E-state index is 0.147. The van der Waals surface area contributed by atoms with Gasteiger partial charge in [-0.1, -0.05) is 133 Å². The zero-order valence-electron chi connectivity index (χ0n) is 27.0. The Labute approximate surface area is 279 Å². The monoisotopic (exact) mass is 632 g/mol. The van der Waals surface area contributed by atoms with E-state index in [1.54, 1.807) is 13.0 Å². The minimum Gasteiger partial charge on any atom is -0.374 e. The van der Waals surface area contributed by atoms with Gasteiger partial charge in [-0.25, -0.2) is 0 Å². The first-order valence-electron chi connectivity index (χ1n) is 16.1. The fourth-order valence-electron chi connectivity index (χ4n) is 5.69. The summed E-state index contributed by atoms with van der Waals surface area (Å²) in [6, 6.07) is 40.3. The van der Waals surface area contributed by atoms with Crippen LogP contribution in [0.25, 0.3) is 0 Å². The van der Waals surface area contributed by atoms with Crippen molar-refractivity contribution in [3.05, 3.63) is 156 Å². The third-order valence-electron chi connectivity index (χ3n) is 8.00. The normalized spacial score (nSPS) is 22.2. The second kappa shape index (κ2) is 18.3. The zero-order chi connectivity index (χ0) is 32.6. The predicted octanol–water partition coefficient (Wildman–Crippen LogP) is 7.67. The molecule has 1 saturated heterocycles. The Bertz CT molecular complexity index is 1520. The van der Waals surface area contributed by atoms with Gasteiger partial charge in [-0.05, 0) is 29.2 Å². The van der Waals surface area contributed by atoms with Crippen LogP contribution in [0.15, 0.2) is 134 Å². The summed E-state index contributed by atoms with van der Waals surface area (Å²) < 4.78 is 40.2. The maximum atomic E-state index is 6.97. The van der Waals surface area contributed by atoms with E-state index < -0.39 is 30.2 Å². The first-order chi connectivity index (χ1) is 23.2. The molecule has 4 aromatic rings. The van der Waals surface area contributed by atoms with Crippen LogP contribution in [0, 0.1) is 11.8 Å². The first kappa shape index (κ1) is 34.3. The van der Waals surface area contributed by atoms with E-state index in [0.29, 0.717) is 32.8 Å². The highest BCUT2D eigenvalue weighted by atomic mass is 16.7. The molecule has 1 aliphatic rings. The molecule has 1 aliphatic heterocycles. The molecule has 0 saturated carbocycles. The Morgan fingerprint density at radius 2 is 1.13 bits per heavy atom. The standard InChI is InChI=1S/C41H44O6/c1-3-5-27-46-41(26-4-2)40(45-31-36-24-16-9-17-25-36)39(44-30-35-22-14-8-15-23-35)38(43-29-34-20-12-7-13-21-34)37(47-41)32-42-28-33-18-10-6-11-19-33/h4,6-25,37-40H,2,26-32H2,1H3/t37-,38-,39+,40-,41+/m1/s1. The van der Waals surface area contributed by atoms with Gasteiger partial charge in [0, 0.05) is 6.42 Å². The van der Waals surface area contributed by atoms with E-state index in [-0.39, 0.29) is 13.2 Å². The average molecular weight is 633 g/mol. The van der Waals surface area contributed by atoms with E-state index in [1.807, 2.05) is 121 Å². The smallest absolute Gasteiger partial charge is 0.202 e. The predicted molar refractivity (Wildman–Crippen MR) is 183 cm³/mol. The van der Waals surface area contributed by atoms with E-state index in [4.69, 9.17) is 28.4 Å². The molecule has 1 fully saturated rings. The summed E-state index contributed by atoms with van der Waals surface area (Å²) in [5.74, 6) is 4.70. The van der Waals surface area contributed by atoms with Gasteiger partial charge in [0.2, 0.25) is 5.79 Å². The van der Waals surface area contributed by atoms with Gasteiger partial charge in [0.1, 0.15) is 31.0 Å². The molecule has 1 heterocycles. The lowest BCUT2D eigenvalue weighted by molar-refractivity contribution is -0.379. The van der Waals surface area contributed by atoms with Gasteiger partial charge in [-0.15, -0.1) is 12.5 Å². The number of hydrogen-bond donors (Lipinski definition) is 0. The summed E-state index contributed by atoms with van der Waals surface area (Å²) in [6.07, 6.45) is -0.294. The highest BCUT2D eigenvalue weighted by Crippen LogP contribution is 2.40. The summed E-state index contributed by atoms with van der Waals surface area (Å²) in [5.41, 5.74) is 4.16. The lowest BCUT2D eigenvalue weighted by Crippen LogP contribution is -2.68. The van der Waals surface area contributed by atoms with Crippen molar-refractivity contribution in [3.63, 3.8) is 0 Å². The van der Waals surface area contributed by atoms with Crippen LogP contribution < -0.4 is 0 Å². The molecule has 0 N–H and O–H groups in total. The Kier molecular flexibility index (Phi) is 13.4. The molecule has 4 aromatic carbocycles. The van der Waals surface area contributed by atoms with Crippen molar-refractivity contribution in [2.45, 2.75) is 70.0 Å². The molecule has 0 aliphatic carbocycles. The molecule has 0 radical (unpaired) electrons. The lowest BCUT2D eigenvalue weighted by Gasteiger charge is -2.52. The fraction of sp³-hybridized carbons (Fsp3) is 0.317. The molecule has 6 nitrogen and oxygen atoms in total. The third-order valence-corrected chi connectivity index (χ3v) is 8.00. The molecule has 6 heteroatoms. The number of rotatable bonds is 17. The van der Waals surface area contributed by atoms with Crippen LogP contribution in [-0.4, -0.2) is 43.4 Å². The largest absolute Gasteiger partial charge is 0.374 e. The van der Waals surface area contributed by atoms with Gasteiger partial charge < -0.3 is 28.4 Å². The van der Waals surface area contributed by atoms with E-state index in [2.05, 4.69) is 18.4 Å². The van der Waals surface area contributed by atoms with Gasteiger partial charge in [0.15, 0.2) is 0 Å². The second-order valence-electron chi connectivity index (χ2n) is 11.4. The molecular weight excluding hydrogens is 588 g/mol. The van der Waals surface area contributed by atoms with E-state index >= 15 is 0 Å². The van der Waals surface area contributed by atoms with Crippen molar-refractivity contribution in [3.8, 4) is 11.8 Å². The minimum atomic E-state index is -1.27. The highest BCUT2D eigenvalue weighted by Gasteiger charge is 2.57. The molecule has 244 valence electrons. The molecule has 0 bridgehead atoms. The van der Waals surface area contributed by atoms with Gasteiger partial charge in [-0.2, -0.15) is 0 Å². The van der Waals surface area contributed by atoms with E-state index in [0.717, 1.165) is 22.3 Å². The summed E-state index contributed by atoms with van der Waals surface area (Å²) in [6.45, 7) is 7.69. The highest BCUT2D eigenvalue weighted by molar-refractivity contribution is 5.17. The van der Waals surface area contributed by atoms with Crippen LogP contribution in [0.2, 0.25) is 0 Å². The summed E-state index contributed by atoms with van der Waals surface area (Å²) in [5, 5.41) is 0. The lowest BCUT2D eigenvalue weighted by atomic mass is 9.89.